The highest BCUT2D eigenvalue weighted by Gasteiger charge is 2.31. The zero-order valence-corrected chi connectivity index (χ0v) is 9.55. The van der Waals surface area contributed by atoms with Gasteiger partial charge in [0.1, 0.15) is 0 Å². The van der Waals surface area contributed by atoms with Crippen LogP contribution in [0, 0.1) is 0 Å². The summed E-state index contributed by atoms with van der Waals surface area (Å²) in [4.78, 5) is 5.94. The normalized spacial score (nSPS) is 25.9. The predicted molar refractivity (Wildman–Crippen MR) is 60.6 cm³/mol. The van der Waals surface area contributed by atoms with E-state index in [0.29, 0.717) is 24.6 Å². The molecule has 1 fully saturated rings. The molecule has 1 aromatic heterocycles. The molecule has 5 nitrogen and oxygen atoms in total. The minimum absolute atomic E-state index is 0.361. The van der Waals surface area contributed by atoms with Gasteiger partial charge in [0.05, 0.1) is 17.9 Å². The third kappa shape index (κ3) is 2.06. The molecule has 1 aliphatic heterocycles. The molecule has 0 amide bonds. The highest BCUT2D eigenvalue weighted by molar-refractivity contribution is 9.10. The van der Waals surface area contributed by atoms with Crippen molar-refractivity contribution in [3.63, 3.8) is 0 Å². The molecule has 15 heavy (non-hydrogen) atoms. The number of rotatable bonds is 1. The molecule has 1 aromatic rings. The lowest BCUT2D eigenvalue weighted by Crippen LogP contribution is -2.23. The van der Waals surface area contributed by atoms with Crippen molar-refractivity contribution in [2.45, 2.75) is 12.2 Å². The van der Waals surface area contributed by atoms with E-state index in [9.17, 15) is 10.2 Å². The minimum atomic E-state index is -0.727. The smallest absolute Gasteiger partial charge is 0.152 e. The number of nitrogens with two attached hydrogens (primary N) is 1. The number of anilines is 2. The lowest BCUT2D eigenvalue weighted by atomic mass is 10.3. The monoisotopic (exact) mass is 273 g/mol. The summed E-state index contributed by atoms with van der Waals surface area (Å²) in [6, 6.07) is 1.75. The first kappa shape index (κ1) is 10.7. The number of hydrogen-bond donors (Lipinski definition) is 3. The Bertz CT molecular complexity index is 364. The van der Waals surface area contributed by atoms with E-state index in [1.165, 1.54) is 0 Å². The minimum Gasteiger partial charge on any atom is -0.396 e. The van der Waals surface area contributed by atoms with Crippen LogP contribution in [0.3, 0.4) is 0 Å². The van der Waals surface area contributed by atoms with Gasteiger partial charge in [0.2, 0.25) is 0 Å². The van der Waals surface area contributed by atoms with Crippen molar-refractivity contribution in [1.29, 1.82) is 0 Å². The van der Waals surface area contributed by atoms with Gasteiger partial charge in [-0.05, 0) is 22.0 Å². The summed E-state index contributed by atoms with van der Waals surface area (Å²) in [6.07, 6.45) is 0.188. The second-order valence-corrected chi connectivity index (χ2v) is 4.52. The Kier molecular flexibility index (Phi) is 2.81. The van der Waals surface area contributed by atoms with E-state index in [0.717, 1.165) is 4.47 Å². The molecule has 0 bridgehead atoms. The van der Waals surface area contributed by atoms with E-state index in [2.05, 4.69) is 20.9 Å². The van der Waals surface area contributed by atoms with Crippen molar-refractivity contribution in [1.82, 2.24) is 4.98 Å². The van der Waals surface area contributed by atoms with Crippen LogP contribution < -0.4 is 10.6 Å². The first-order chi connectivity index (χ1) is 7.08. The highest BCUT2D eigenvalue weighted by atomic mass is 79.9. The molecule has 2 rings (SSSR count). The fourth-order valence-electron chi connectivity index (χ4n) is 1.65. The van der Waals surface area contributed by atoms with Gasteiger partial charge in [0.25, 0.3) is 0 Å². The van der Waals surface area contributed by atoms with Crippen LogP contribution in [0.25, 0.3) is 0 Å². The molecule has 2 heterocycles. The number of pyridine rings is 1. The van der Waals surface area contributed by atoms with E-state index < -0.39 is 12.2 Å². The third-order valence-corrected chi connectivity index (χ3v) is 2.85. The SMILES string of the molecule is Nc1cc(Br)cnc1N1CC(O)C(O)C1. The summed E-state index contributed by atoms with van der Waals surface area (Å²) in [5.74, 6) is 0.605. The molecule has 2 unspecified atom stereocenters. The third-order valence-electron chi connectivity index (χ3n) is 2.42. The summed E-state index contributed by atoms with van der Waals surface area (Å²) in [5, 5.41) is 18.8. The van der Waals surface area contributed by atoms with Crippen molar-refractivity contribution < 1.29 is 10.2 Å². The molecule has 0 aliphatic carbocycles. The van der Waals surface area contributed by atoms with Gasteiger partial charge >= 0.3 is 0 Å². The van der Waals surface area contributed by atoms with Crippen LogP contribution in [-0.4, -0.2) is 40.5 Å². The van der Waals surface area contributed by atoms with Gasteiger partial charge in [-0.25, -0.2) is 4.98 Å². The molecule has 1 aliphatic rings. The Morgan fingerprint density at radius 3 is 2.53 bits per heavy atom. The fraction of sp³-hybridized carbons (Fsp3) is 0.444. The Hall–Kier alpha value is -0.850. The molecule has 0 radical (unpaired) electrons. The van der Waals surface area contributed by atoms with Crippen LogP contribution in [0.1, 0.15) is 0 Å². The second kappa shape index (κ2) is 3.96. The molecule has 2 atom stereocenters. The van der Waals surface area contributed by atoms with Crippen molar-refractivity contribution in [3.05, 3.63) is 16.7 Å². The number of nitrogens with zero attached hydrogens (tertiary/aromatic N) is 2. The number of aromatic nitrogens is 1. The second-order valence-electron chi connectivity index (χ2n) is 3.61. The lowest BCUT2D eigenvalue weighted by Gasteiger charge is -2.18. The molecule has 0 spiro atoms. The van der Waals surface area contributed by atoms with Crippen LogP contribution in [-0.2, 0) is 0 Å². The van der Waals surface area contributed by atoms with Crippen molar-refractivity contribution in [3.8, 4) is 0 Å². The van der Waals surface area contributed by atoms with Crippen LogP contribution in [0.2, 0.25) is 0 Å². The predicted octanol–water partition coefficient (Wildman–Crippen LogP) is -0.0319. The lowest BCUT2D eigenvalue weighted by molar-refractivity contribution is 0.0572. The molecular weight excluding hydrogens is 262 g/mol. The van der Waals surface area contributed by atoms with E-state index in [1.54, 1.807) is 17.2 Å². The van der Waals surface area contributed by atoms with E-state index in [1.807, 2.05) is 0 Å². The Labute approximate surface area is 95.7 Å². The Morgan fingerprint density at radius 1 is 1.40 bits per heavy atom. The zero-order chi connectivity index (χ0) is 11.0. The van der Waals surface area contributed by atoms with Crippen LogP contribution in [0.15, 0.2) is 16.7 Å². The van der Waals surface area contributed by atoms with Gasteiger partial charge < -0.3 is 20.8 Å². The van der Waals surface area contributed by atoms with E-state index in [-0.39, 0.29) is 0 Å². The molecule has 82 valence electrons. The largest absolute Gasteiger partial charge is 0.396 e. The summed E-state index contributed by atoms with van der Waals surface area (Å²) < 4.78 is 0.809. The molecular formula is C9H12BrN3O2. The topological polar surface area (TPSA) is 82.6 Å². The molecule has 4 N–H and O–H groups in total. The zero-order valence-electron chi connectivity index (χ0n) is 7.97. The van der Waals surface area contributed by atoms with Gasteiger partial charge in [-0.1, -0.05) is 0 Å². The molecule has 1 saturated heterocycles. The molecule has 0 saturated carbocycles. The van der Waals surface area contributed by atoms with Gasteiger partial charge in [-0.2, -0.15) is 0 Å². The maximum absolute atomic E-state index is 9.41. The van der Waals surface area contributed by atoms with E-state index in [4.69, 9.17) is 5.73 Å². The van der Waals surface area contributed by atoms with Crippen molar-refractivity contribution in [2.75, 3.05) is 23.7 Å². The maximum atomic E-state index is 9.41. The highest BCUT2D eigenvalue weighted by Crippen LogP contribution is 2.26. The standard InChI is InChI=1S/C9H12BrN3O2/c10-5-1-6(11)9(12-2-5)13-3-7(14)8(15)4-13/h1-2,7-8,14-15H,3-4,11H2. The average Bonchev–Trinajstić information content (AvgIpc) is 2.46. The van der Waals surface area contributed by atoms with Gasteiger partial charge in [0.15, 0.2) is 5.82 Å². The summed E-state index contributed by atoms with van der Waals surface area (Å²) in [5.41, 5.74) is 6.33. The van der Waals surface area contributed by atoms with Crippen LogP contribution in [0.5, 0.6) is 0 Å². The van der Waals surface area contributed by atoms with Crippen molar-refractivity contribution >= 4 is 27.4 Å². The number of aliphatic hydroxyl groups excluding tert-OH is 2. The first-order valence-electron chi connectivity index (χ1n) is 4.60. The average molecular weight is 274 g/mol. The van der Waals surface area contributed by atoms with Gasteiger partial charge in [-0.15, -0.1) is 0 Å². The quantitative estimate of drug-likeness (QED) is 0.670. The molecule has 6 heteroatoms. The number of aliphatic hydroxyl groups is 2. The van der Waals surface area contributed by atoms with Crippen molar-refractivity contribution in [2.24, 2.45) is 0 Å². The van der Waals surface area contributed by atoms with Gasteiger partial charge in [0, 0.05) is 23.8 Å². The summed E-state index contributed by atoms with van der Waals surface area (Å²) in [7, 11) is 0. The fourth-order valence-corrected chi connectivity index (χ4v) is 2.00. The van der Waals surface area contributed by atoms with Crippen LogP contribution in [0.4, 0.5) is 11.5 Å². The number of halogens is 1. The number of nitrogen functional groups attached to an aromatic ring is 1. The Morgan fingerprint density at radius 2 is 2.00 bits per heavy atom. The summed E-state index contributed by atoms with van der Waals surface area (Å²) in [6.45, 7) is 0.722. The molecule has 0 aromatic carbocycles. The first-order valence-corrected chi connectivity index (χ1v) is 5.39. The number of β-amino-alcohol motifs (C(OH)–C–C–N with tert-alkyl or cyclic N) is 2. The van der Waals surface area contributed by atoms with Gasteiger partial charge in [-0.3, -0.25) is 0 Å². The van der Waals surface area contributed by atoms with E-state index >= 15 is 0 Å². The summed E-state index contributed by atoms with van der Waals surface area (Å²) >= 11 is 3.27. The van der Waals surface area contributed by atoms with Crippen LogP contribution >= 0.6 is 15.9 Å². The maximum Gasteiger partial charge on any atom is 0.152 e. The number of hydrogen-bond acceptors (Lipinski definition) is 5. The Balaban J connectivity index is 2.24.